The van der Waals surface area contributed by atoms with E-state index in [9.17, 15) is 0 Å². The fraction of sp³-hybridized carbons (Fsp3) is 0. The Kier molecular flexibility index (Phi) is 1.87. The summed E-state index contributed by atoms with van der Waals surface area (Å²) < 4.78 is 4.83. The first-order chi connectivity index (χ1) is 3.93. The minimum Gasteiger partial charge on any atom is -0.480 e. The first-order valence-electron chi connectivity index (χ1n) is 2.35. The van der Waals surface area contributed by atoms with Crippen molar-refractivity contribution in [2.24, 2.45) is 0 Å². The first-order valence-corrected chi connectivity index (χ1v) is 2.82. The highest BCUT2D eigenvalue weighted by atomic mass is 31.0. The van der Waals surface area contributed by atoms with Gasteiger partial charge in [0.25, 0.3) is 0 Å². The smallest absolute Gasteiger partial charge is 0.122 e. The molecule has 0 aromatic heterocycles. The highest BCUT2D eigenvalue weighted by molar-refractivity contribution is 7.10. The number of para-hydroxylation sites is 1. The van der Waals surface area contributed by atoms with Gasteiger partial charge < -0.3 is 4.52 Å². The van der Waals surface area contributed by atoms with Crippen LogP contribution in [0.4, 0.5) is 0 Å². The second-order valence-electron chi connectivity index (χ2n) is 1.43. The predicted molar refractivity (Wildman–Crippen MR) is 41.0 cm³/mol. The van der Waals surface area contributed by atoms with Crippen LogP contribution in [-0.4, -0.2) is 0 Å². The number of benzene rings is 1. The lowest BCUT2D eigenvalue weighted by Gasteiger charge is -1.93. The minimum absolute atomic E-state index is 0. The predicted octanol–water partition coefficient (Wildman–Crippen LogP) is 2.35. The van der Waals surface area contributed by atoms with Crippen LogP contribution in [0, 0.1) is 0 Å². The molecule has 0 fully saturated rings. The Bertz CT molecular complexity index is 157. The van der Waals surface area contributed by atoms with E-state index < -0.39 is 0 Å². The molecule has 1 aromatic rings. The van der Waals surface area contributed by atoms with Crippen molar-refractivity contribution in [1.29, 1.82) is 0 Å². The summed E-state index contributed by atoms with van der Waals surface area (Å²) in [6.45, 7) is 0. The molecule has 1 atom stereocenters. The number of rotatable bonds is 1. The van der Waals surface area contributed by atoms with Gasteiger partial charge in [-0.25, -0.2) is 0 Å². The molecule has 2 heteroatoms. The zero-order valence-corrected chi connectivity index (χ0v) is 5.53. The average Bonchev–Trinajstić information content (AvgIpc) is 1.90. The summed E-state index contributed by atoms with van der Waals surface area (Å²) in [7, 11) is 2.19. The third-order valence-corrected chi connectivity index (χ3v) is 1.15. The van der Waals surface area contributed by atoms with Gasteiger partial charge in [0.15, 0.2) is 0 Å². The summed E-state index contributed by atoms with van der Waals surface area (Å²) in [6, 6.07) is 9.60. The van der Waals surface area contributed by atoms with E-state index in [0.29, 0.717) is 0 Å². The molecule has 8 heavy (non-hydrogen) atoms. The van der Waals surface area contributed by atoms with Crippen molar-refractivity contribution in [3.8, 4) is 5.75 Å². The molecule has 0 amide bonds. The Morgan fingerprint density at radius 2 is 1.88 bits per heavy atom. The van der Waals surface area contributed by atoms with Gasteiger partial charge in [-0.05, 0) is 12.1 Å². The lowest BCUT2D eigenvalue weighted by atomic mass is 10.3. The average molecular weight is 130 g/mol. The summed E-state index contributed by atoms with van der Waals surface area (Å²) in [4.78, 5) is 0. The van der Waals surface area contributed by atoms with Gasteiger partial charge in [-0.1, -0.05) is 18.2 Å². The van der Waals surface area contributed by atoms with Crippen LogP contribution >= 0.6 is 9.47 Å². The van der Waals surface area contributed by atoms with E-state index in [4.69, 9.17) is 4.52 Å². The van der Waals surface area contributed by atoms with Gasteiger partial charge >= 0.3 is 0 Å². The lowest BCUT2D eigenvalue weighted by molar-refractivity contribution is 0.646. The molecule has 0 N–H and O–H groups in total. The maximum Gasteiger partial charge on any atom is 0.122 e. The quantitative estimate of drug-likeness (QED) is 0.530. The largest absolute Gasteiger partial charge is 0.480 e. The molecular formula is C6H11OP. The molecule has 1 aromatic carbocycles. The molecule has 0 saturated heterocycles. The van der Waals surface area contributed by atoms with Crippen molar-refractivity contribution in [2.45, 2.75) is 0 Å². The van der Waals surface area contributed by atoms with E-state index in [2.05, 4.69) is 9.47 Å². The highest BCUT2D eigenvalue weighted by Gasteiger charge is 1.80. The molecule has 1 unspecified atom stereocenters. The topological polar surface area (TPSA) is 9.23 Å². The second-order valence-corrected chi connectivity index (χ2v) is 1.67. The van der Waals surface area contributed by atoms with Gasteiger partial charge in [0.2, 0.25) is 0 Å². The summed E-state index contributed by atoms with van der Waals surface area (Å²) in [6.07, 6.45) is 0. The Balaban J connectivity index is 0. The van der Waals surface area contributed by atoms with E-state index in [-0.39, 0.29) is 2.85 Å². The molecule has 0 bridgehead atoms. The van der Waals surface area contributed by atoms with Gasteiger partial charge in [-0.15, -0.1) is 0 Å². The Hall–Kier alpha value is -0.550. The van der Waals surface area contributed by atoms with Crippen molar-refractivity contribution in [3.05, 3.63) is 30.3 Å². The Labute approximate surface area is 53.9 Å². The standard InChI is InChI=1S/C6H7OP.2H2/c8-7-6-4-2-1-3-5-6;;/h1-5H,8H2;2*1H. The summed E-state index contributed by atoms with van der Waals surface area (Å²) in [5.74, 6) is 0.873. The van der Waals surface area contributed by atoms with Crippen molar-refractivity contribution < 1.29 is 7.38 Å². The van der Waals surface area contributed by atoms with E-state index in [1.165, 1.54) is 0 Å². The molecule has 46 valence electrons. The fourth-order valence-corrected chi connectivity index (χ4v) is 0.656. The van der Waals surface area contributed by atoms with Crippen LogP contribution in [0.15, 0.2) is 30.3 Å². The van der Waals surface area contributed by atoms with Crippen molar-refractivity contribution in [3.63, 3.8) is 0 Å². The molecule has 0 aliphatic heterocycles. The molecule has 0 heterocycles. The molecule has 0 saturated carbocycles. The van der Waals surface area contributed by atoms with Crippen LogP contribution in [0.2, 0.25) is 0 Å². The number of hydrogen-bond acceptors (Lipinski definition) is 1. The van der Waals surface area contributed by atoms with Gasteiger partial charge in [0, 0.05) is 2.85 Å². The molecule has 1 rings (SSSR count). The van der Waals surface area contributed by atoms with Crippen LogP contribution in [0.3, 0.4) is 0 Å². The molecule has 0 spiro atoms. The normalized spacial score (nSPS) is 8.62. The van der Waals surface area contributed by atoms with Crippen molar-refractivity contribution in [2.75, 3.05) is 0 Å². The monoisotopic (exact) mass is 130 g/mol. The van der Waals surface area contributed by atoms with Gasteiger partial charge in [0.1, 0.15) is 5.75 Å². The Morgan fingerprint density at radius 1 is 1.25 bits per heavy atom. The molecule has 0 radical (unpaired) electrons. The summed E-state index contributed by atoms with van der Waals surface area (Å²) in [5, 5.41) is 0. The molecule has 1 nitrogen and oxygen atoms in total. The van der Waals surface area contributed by atoms with E-state index in [1.807, 2.05) is 30.3 Å². The summed E-state index contributed by atoms with van der Waals surface area (Å²) >= 11 is 0. The third kappa shape index (κ3) is 1.21. The van der Waals surface area contributed by atoms with Crippen LogP contribution in [0.1, 0.15) is 2.85 Å². The number of hydrogen-bond donors (Lipinski definition) is 0. The van der Waals surface area contributed by atoms with E-state index >= 15 is 0 Å². The summed E-state index contributed by atoms with van der Waals surface area (Å²) in [5.41, 5.74) is 0. The molecule has 0 aliphatic carbocycles. The van der Waals surface area contributed by atoms with Gasteiger partial charge in [0.05, 0.1) is 9.47 Å². The van der Waals surface area contributed by atoms with Crippen LogP contribution < -0.4 is 4.52 Å². The van der Waals surface area contributed by atoms with Crippen molar-refractivity contribution >= 4 is 9.47 Å². The zero-order valence-electron chi connectivity index (χ0n) is 4.37. The van der Waals surface area contributed by atoms with Crippen molar-refractivity contribution in [1.82, 2.24) is 0 Å². The van der Waals surface area contributed by atoms with Crippen LogP contribution in [-0.2, 0) is 0 Å². The second kappa shape index (κ2) is 2.68. The van der Waals surface area contributed by atoms with Gasteiger partial charge in [-0.2, -0.15) is 0 Å². The highest BCUT2D eigenvalue weighted by Crippen LogP contribution is 2.09. The first kappa shape index (κ1) is 5.58. The minimum atomic E-state index is 0. The fourth-order valence-electron chi connectivity index (χ4n) is 0.499. The zero-order chi connectivity index (χ0) is 5.82. The molecular weight excluding hydrogens is 119 g/mol. The van der Waals surface area contributed by atoms with Crippen LogP contribution in [0.25, 0.3) is 0 Å². The lowest BCUT2D eigenvalue weighted by Crippen LogP contribution is -1.68. The maximum absolute atomic E-state index is 4.83. The SMILES string of the molecule is POc1ccccc1.[HH].[HH]. The maximum atomic E-state index is 4.83. The Morgan fingerprint density at radius 3 is 2.25 bits per heavy atom. The third-order valence-electron chi connectivity index (χ3n) is 0.879. The van der Waals surface area contributed by atoms with Gasteiger partial charge in [-0.3, -0.25) is 0 Å². The van der Waals surface area contributed by atoms with E-state index in [0.717, 1.165) is 5.75 Å². The van der Waals surface area contributed by atoms with E-state index in [1.54, 1.807) is 0 Å². The molecule has 0 aliphatic rings. The van der Waals surface area contributed by atoms with Crippen LogP contribution in [0.5, 0.6) is 5.75 Å².